The van der Waals surface area contributed by atoms with Gasteiger partial charge in [-0.25, -0.2) is 14.4 Å². The maximum absolute atomic E-state index is 13.7. The molecular weight excluding hydrogens is 247 g/mol. The van der Waals surface area contributed by atoms with Crippen molar-refractivity contribution in [3.8, 4) is 5.75 Å². The minimum Gasteiger partial charge on any atom is -0.494 e. The Hall–Kier alpha value is -2.21. The van der Waals surface area contributed by atoms with Gasteiger partial charge in [0.1, 0.15) is 11.6 Å². The van der Waals surface area contributed by atoms with E-state index in [2.05, 4.69) is 9.97 Å². The summed E-state index contributed by atoms with van der Waals surface area (Å²) >= 11 is 0. The van der Waals surface area contributed by atoms with E-state index < -0.39 is 5.82 Å². The Bertz CT molecular complexity index is 576. The Morgan fingerprint density at radius 1 is 1.37 bits per heavy atom. The van der Waals surface area contributed by atoms with Crippen LogP contribution >= 0.6 is 0 Å². The van der Waals surface area contributed by atoms with E-state index in [9.17, 15) is 4.39 Å². The van der Waals surface area contributed by atoms with Gasteiger partial charge in [-0.15, -0.1) is 0 Å². The molecule has 0 spiro atoms. The summed E-state index contributed by atoms with van der Waals surface area (Å²) in [5.74, 6) is 0.987. The number of ether oxygens (including phenoxy) is 1. The molecule has 2 aromatic rings. The van der Waals surface area contributed by atoms with E-state index in [0.717, 1.165) is 0 Å². The molecule has 0 bridgehead atoms. The third-order valence-electron chi connectivity index (χ3n) is 2.74. The number of anilines is 2. The number of halogens is 1. The van der Waals surface area contributed by atoms with Crippen LogP contribution in [0.3, 0.4) is 0 Å². The van der Waals surface area contributed by atoms with Crippen molar-refractivity contribution in [1.29, 1.82) is 0 Å². The van der Waals surface area contributed by atoms with Crippen LogP contribution in [0.4, 0.5) is 15.9 Å². The van der Waals surface area contributed by atoms with E-state index in [1.165, 1.54) is 13.2 Å². The fraction of sp³-hybridized carbons (Fsp3) is 0.231. The lowest BCUT2D eigenvalue weighted by Gasteiger charge is -2.19. The normalized spacial score (nSPS) is 10.3. The van der Waals surface area contributed by atoms with Crippen molar-refractivity contribution in [3.05, 3.63) is 42.1 Å². The van der Waals surface area contributed by atoms with Gasteiger partial charge < -0.3 is 15.4 Å². The number of hydrogen-bond donors (Lipinski definition) is 1. The number of nitrogens with two attached hydrogens (primary N) is 1. The van der Waals surface area contributed by atoms with Gasteiger partial charge in [0.25, 0.3) is 0 Å². The van der Waals surface area contributed by atoms with Gasteiger partial charge in [0, 0.05) is 25.0 Å². The van der Waals surface area contributed by atoms with Gasteiger partial charge in [-0.05, 0) is 18.2 Å². The molecule has 5 nitrogen and oxygen atoms in total. The summed E-state index contributed by atoms with van der Waals surface area (Å²) in [6.45, 7) is 0.263. The Morgan fingerprint density at radius 3 is 2.79 bits per heavy atom. The summed E-state index contributed by atoms with van der Waals surface area (Å²) in [6, 6.07) is 6.46. The molecule has 2 N–H and O–H groups in total. The number of hydrogen-bond acceptors (Lipinski definition) is 5. The molecule has 0 aliphatic heterocycles. The van der Waals surface area contributed by atoms with Crippen LogP contribution < -0.4 is 15.4 Å². The predicted octanol–water partition coefficient (Wildman–Crippen LogP) is 1.85. The summed E-state index contributed by atoms with van der Waals surface area (Å²) in [6.07, 6.45) is 1.63. The lowest BCUT2D eigenvalue weighted by molar-refractivity contribution is 0.386. The molecule has 0 fully saturated rings. The molecule has 100 valence electrons. The molecule has 2 rings (SSSR count). The highest BCUT2D eigenvalue weighted by atomic mass is 19.1. The molecule has 6 heteroatoms. The minimum atomic E-state index is -0.417. The number of nitrogens with zero attached hydrogens (tertiary/aromatic N) is 3. The topological polar surface area (TPSA) is 64.3 Å². The minimum absolute atomic E-state index is 0.211. The van der Waals surface area contributed by atoms with Gasteiger partial charge in [0.2, 0.25) is 0 Å². The molecule has 0 atom stereocenters. The van der Waals surface area contributed by atoms with E-state index in [-0.39, 0.29) is 12.3 Å². The Balaban J connectivity index is 2.32. The van der Waals surface area contributed by atoms with Crippen molar-refractivity contribution < 1.29 is 9.13 Å². The Kier molecular flexibility index (Phi) is 3.91. The van der Waals surface area contributed by atoms with Crippen molar-refractivity contribution >= 4 is 11.5 Å². The second-order valence-corrected chi connectivity index (χ2v) is 3.91. The number of benzene rings is 1. The van der Waals surface area contributed by atoms with Crippen LogP contribution in [-0.2, 0) is 6.54 Å². The van der Waals surface area contributed by atoms with Crippen LogP contribution in [0.1, 0.15) is 5.82 Å². The van der Waals surface area contributed by atoms with Crippen molar-refractivity contribution in [1.82, 2.24) is 9.97 Å². The van der Waals surface area contributed by atoms with E-state index in [0.29, 0.717) is 17.3 Å². The molecule has 0 saturated carbocycles. The molecule has 1 heterocycles. The second-order valence-electron chi connectivity index (χ2n) is 3.91. The monoisotopic (exact) mass is 262 g/mol. The largest absolute Gasteiger partial charge is 0.494 e. The van der Waals surface area contributed by atoms with E-state index in [1.54, 1.807) is 36.3 Å². The molecular formula is C13H15FN4O. The highest BCUT2D eigenvalue weighted by Gasteiger charge is 2.10. The first kappa shape index (κ1) is 13.2. The molecule has 0 radical (unpaired) electrons. The standard InChI is InChI=1S/C13H15FN4O/c1-18(13-5-6-16-12(8-15)17-13)9-3-4-11(19-2)10(14)7-9/h3-7H,8,15H2,1-2H3. The average molecular weight is 262 g/mol. The summed E-state index contributed by atoms with van der Waals surface area (Å²) < 4.78 is 18.6. The first-order valence-electron chi connectivity index (χ1n) is 5.75. The summed E-state index contributed by atoms with van der Waals surface area (Å²) in [4.78, 5) is 10.1. The third kappa shape index (κ3) is 2.79. The molecule has 1 aromatic carbocycles. The van der Waals surface area contributed by atoms with Crippen molar-refractivity contribution in [2.24, 2.45) is 5.73 Å². The number of methoxy groups -OCH3 is 1. The van der Waals surface area contributed by atoms with Gasteiger partial charge in [0.05, 0.1) is 13.7 Å². The fourth-order valence-electron chi connectivity index (χ4n) is 1.67. The van der Waals surface area contributed by atoms with Crippen LogP contribution in [-0.4, -0.2) is 24.1 Å². The van der Waals surface area contributed by atoms with E-state index in [1.807, 2.05) is 0 Å². The van der Waals surface area contributed by atoms with E-state index >= 15 is 0 Å². The summed E-state index contributed by atoms with van der Waals surface area (Å²) in [5.41, 5.74) is 6.17. The Morgan fingerprint density at radius 2 is 2.16 bits per heavy atom. The summed E-state index contributed by atoms with van der Waals surface area (Å²) in [7, 11) is 3.23. The second kappa shape index (κ2) is 5.62. The van der Waals surface area contributed by atoms with Crippen LogP contribution in [0.2, 0.25) is 0 Å². The molecule has 0 unspecified atom stereocenters. The molecule has 19 heavy (non-hydrogen) atoms. The van der Waals surface area contributed by atoms with Gasteiger partial charge in [-0.3, -0.25) is 0 Å². The predicted molar refractivity (Wildman–Crippen MR) is 70.9 cm³/mol. The zero-order chi connectivity index (χ0) is 13.8. The van der Waals surface area contributed by atoms with Gasteiger partial charge in [0.15, 0.2) is 11.6 Å². The number of rotatable bonds is 4. The van der Waals surface area contributed by atoms with Crippen molar-refractivity contribution in [3.63, 3.8) is 0 Å². The molecule has 0 aliphatic rings. The Labute approximate surface area is 110 Å². The SMILES string of the molecule is COc1ccc(N(C)c2ccnc(CN)n2)cc1F. The maximum Gasteiger partial charge on any atom is 0.167 e. The van der Waals surface area contributed by atoms with Crippen LogP contribution in [0, 0.1) is 5.82 Å². The third-order valence-corrected chi connectivity index (χ3v) is 2.74. The summed E-state index contributed by atoms with van der Waals surface area (Å²) in [5, 5.41) is 0. The molecule has 0 amide bonds. The van der Waals surface area contributed by atoms with Crippen LogP contribution in [0.15, 0.2) is 30.5 Å². The lowest BCUT2D eigenvalue weighted by Crippen LogP contribution is -2.14. The zero-order valence-corrected chi connectivity index (χ0v) is 10.8. The van der Waals surface area contributed by atoms with Crippen molar-refractivity contribution in [2.45, 2.75) is 6.54 Å². The molecule has 1 aromatic heterocycles. The maximum atomic E-state index is 13.7. The highest BCUT2D eigenvalue weighted by molar-refractivity contribution is 5.60. The van der Waals surface area contributed by atoms with Gasteiger partial charge in [-0.2, -0.15) is 0 Å². The average Bonchev–Trinajstić information content (AvgIpc) is 2.46. The molecule has 0 aliphatic carbocycles. The molecule has 0 saturated heterocycles. The first-order chi connectivity index (χ1) is 9.15. The van der Waals surface area contributed by atoms with Crippen LogP contribution in [0.25, 0.3) is 0 Å². The number of aromatic nitrogens is 2. The fourth-order valence-corrected chi connectivity index (χ4v) is 1.67. The quantitative estimate of drug-likeness (QED) is 0.911. The zero-order valence-electron chi connectivity index (χ0n) is 10.8. The van der Waals surface area contributed by atoms with Crippen LogP contribution in [0.5, 0.6) is 5.75 Å². The van der Waals surface area contributed by atoms with Gasteiger partial charge >= 0.3 is 0 Å². The van der Waals surface area contributed by atoms with Crippen molar-refractivity contribution in [2.75, 3.05) is 19.1 Å². The first-order valence-corrected chi connectivity index (χ1v) is 5.75. The van der Waals surface area contributed by atoms with E-state index in [4.69, 9.17) is 10.5 Å². The smallest absolute Gasteiger partial charge is 0.167 e. The van der Waals surface area contributed by atoms with Gasteiger partial charge in [-0.1, -0.05) is 0 Å². The highest BCUT2D eigenvalue weighted by Crippen LogP contribution is 2.26. The lowest BCUT2D eigenvalue weighted by atomic mass is 10.2.